The Morgan fingerprint density at radius 2 is 0.864 bits per heavy atom. The van der Waals surface area contributed by atoms with Gasteiger partial charge < -0.3 is 40.6 Å². The van der Waals surface area contributed by atoms with Crippen LogP contribution in [0.5, 0.6) is 0 Å². The molecule has 0 fully saturated rings. The SMILES string of the molecule is CC(C)(C)c1[nH]c(=O)nc2nc[nH]c12.CC(C)(C)c1ccnc2nc[nH]c12.CC(C)(C)c1nc(F)nc2nc[nH]c12.CC(C)(C)c1nc(N)nc2nc[nH]c12.CC(C)(C)c1ncnc2[nH]ccc12.CC(C)(C)c1ncnc2nc[nH]c12. The molecule has 9 N–H and O–H groups in total. The van der Waals surface area contributed by atoms with Gasteiger partial charge in [0, 0.05) is 44.9 Å². The normalized spacial score (nSPS) is 12.2. The van der Waals surface area contributed by atoms with Crippen molar-refractivity contribution in [3.63, 3.8) is 0 Å². The Labute approximate surface area is 467 Å². The van der Waals surface area contributed by atoms with E-state index in [1.165, 1.54) is 11.9 Å². The quantitative estimate of drug-likeness (QED) is 0.0654. The first-order valence-electron chi connectivity index (χ1n) is 26.2. The minimum absolute atomic E-state index is 0.0216. The van der Waals surface area contributed by atoms with Crippen LogP contribution in [0.3, 0.4) is 0 Å². The van der Waals surface area contributed by atoms with Gasteiger partial charge in [-0.1, -0.05) is 125 Å². The molecule has 12 aromatic rings. The number of aromatic nitrogens is 22. The first-order chi connectivity index (χ1) is 37.7. The van der Waals surface area contributed by atoms with Crippen LogP contribution in [0, 0.1) is 6.08 Å². The average molecular weight is 1100 g/mol. The van der Waals surface area contributed by atoms with Gasteiger partial charge in [-0.15, -0.1) is 0 Å². The van der Waals surface area contributed by atoms with E-state index in [0.29, 0.717) is 28.2 Å². The number of hydrogen-bond acceptors (Lipinski definition) is 17. The second kappa shape index (κ2) is 23.0. The highest BCUT2D eigenvalue weighted by Crippen LogP contribution is 2.30. The molecule has 25 heteroatoms. The molecule has 0 atom stereocenters. The van der Waals surface area contributed by atoms with Crippen LogP contribution in [0.15, 0.2) is 73.6 Å². The number of nitrogens with one attached hydrogen (secondary N) is 7. The molecule has 0 aliphatic heterocycles. The molecule has 0 saturated carbocycles. The summed E-state index contributed by atoms with van der Waals surface area (Å²) < 4.78 is 13.0. The Morgan fingerprint density at radius 3 is 1.41 bits per heavy atom. The van der Waals surface area contributed by atoms with Gasteiger partial charge in [-0.25, -0.2) is 64.6 Å². The standard InChI is InChI=1S/2C10H13N3.C9H11FN4.C9H13N5.C9H12N4O.C9H12N4/c1-10(2,3)7-4-5-11-9-8(7)12-6-13-9;1-10(2,3)8-7-4-5-11-9(7)13-6-12-8;2*1-9(2,3)6-5-7(12-4-11-5)14-8(10)13-6;1-9(2,3)6-5-7(11-4-10-5)13-8(14)12-6;1-9(2,3)7-6-8(12-4-10-6)13-5-11-7/h2*4-6H,1-3H3,(H,11,12,13);4H,1-3H3,(H,11,12,13,14);4H,1-3H3,(H3,10,11,12,13,14);4H,1-3H3,(H2,10,11,12,13,14);4-5H,1-3H3,(H,10,11,12,13). The zero-order chi connectivity index (χ0) is 59.5. The third kappa shape index (κ3) is 14.4. The second-order valence-electron chi connectivity index (χ2n) is 25.2. The Bertz CT molecular complexity index is 3810. The van der Waals surface area contributed by atoms with Crippen molar-refractivity contribution in [2.75, 3.05) is 5.73 Å². The Morgan fingerprint density at radius 1 is 0.407 bits per heavy atom. The van der Waals surface area contributed by atoms with Crippen molar-refractivity contribution in [3.05, 3.63) is 119 Å². The molecule has 0 aliphatic rings. The molecule has 81 heavy (non-hydrogen) atoms. The lowest BCUT2D eigenvalue weighted by atomic mass is 9.87. The molecule has 0 unspecified atom stereocenters. The third-order valence-corrected chi connectivity index (χ3v) is 12.2. The molecular formula is C56H74FN23O. The van der Waals surface area contributed by atoms with Crippen LogP contribution < -0.4 is 11.4 Å². The predicted octanol–water partition coefficient (Wildman–Crippen LogP) is 10.1. The van der Waals surface area contributed by atoms with Crippen molar-refractivity contribution < 1.29 is 4.39 Å². The molecule has 0 radical (unpaired) electrons. The van der Waals surface area contributed by atoms with Crippen molar-refractivity contribution in [3.8, 4) is 0 Å². The molecule has 0 amide bonds. The van der Waals surface area contributed by atoms with Gasteiger partial charge in [-0.2, -0.15) is 19.3 Å². The Hall–Kier alpha value is -9.03. The van der Waals surface area contributed by atoms with Crippen molar-refractivity contribution in [2.45, 2.75) is 157 Å². The van der Waals surface area contributed by atoms with Gasteiger partial charge in [-0.3, -0.25) is 0 Å². The highest BCUT2D eigenvalue weighted by atomic mass is 19.1. The van der Waals surface area contributed by atoms with E-state index in [4.69, 9.17) is 5.73 Å². The van der Waals surface area contributed by atoms with E-state index >= 15 is 0 Å². The lowest BCUT2D eigenvalue weighted by Crippen LogP contribution is -2.22. The number of pyridine rings is 1. The smallest absolute Gasteiger partial charge is 0.347 e. The van der Waals surface area contributed by atoms with E-state index in [0.717, 1.165) is 67.2 Å². The molecular weight excluding hydrogens is 1030 g/mol. The van der Waals surface area contributed by atoms with Crippen molar-refractivity contribution in [1.82, 2.24) is 110 Å². The first-order valence-corrected chi connectivity index (χ1v) is 26.2. The monoisotopic (exact) mass is 1100 g/mol. The fraction of sp³-hybridized carbons (Fsp3) is 0.429. The summed E-state index contributed by atoms with van der Waals surface area (Å²) in [6.45, 7) is 37.6. The molecule has 0 bridgehead atoms. The number of hydrogen-bond donors (Lipinski definition) is 8. The molecule has 0 aromatic carbocycles. The van der Waals surface area contributed by atoms with Crippen LogP contribution in [0.2, 0.25) is 0 Å². The van der Waals surface area contributed by atoms with Crippen LogP contribution in [-0.4, -0.2) is 110 Å². The van der Waals surface area contributed by atoms with Gasteiger partial charge in [0.15, 0.2) is 28.2 Å². The van der Waals surface area contributed by atoms with E-state index in [2.05, 4.69) is 193 Å². The molecule has 24 nitrogen and oxygen atoms in total. The topological polar surface area (TPSA) is 347 Å². The number of nitrogen functional groups attached to an aromatic ring is 1. The number of rotatable bonds is 0. The van der Waals surface area contributed by atoms with Crippen LogP contribution in [0.25, 0.3) is 66.9 Å². The van der Waals surface area contributed by atoms with Crippen LogP contribution >= 0.6 is 0 Å². The van der Waals surface area contributed by atoms with Gasteiger partial charge in [0.25, 0.3) is 0 Å². The number of anilines is 1. The predicted molar refractivity (Wildman–Crippen MR) is 314 cm³/mol. The van der Waals surface area contributed by atoms with E-state index in [1.807, 2.05) is 66.1 Å². The fourth-order valence-electron chi connectivity index (χ4n) is 8.43. The molecule has 0 saturated heterocycles. The van der Waals surface area contributed by atoms with Gasteiger partial charge in [-0.05, 0) is 23.1 Å². The molecule has 12 aromatic heterocycles. The van der Waals surface area contributed by atoms with Crippen LogP contribution in [0.4, 0.5) is 10.3 Å². The van der Waals surface area contributed by atoms with Gasteiger partial charge in [0.2, 0.25) is 5.95 Å². The lowest BCUT2D eigenvalue weighted by molar-refractivity contribution is 0.503. The zero-order valence-electron chi connectivity index (χ0n) is 49.4. The van der Waals surface area contributed by atoms with E-state index in [-0.39, 0.29) is 44.1 Å². The number of H-pyrrole nitrogens is 7. The maximum absolute atomic E-state index is 13.0. The summed E-state index contributed by atoms with van der Waals surface area (Å²) >= 11 is 0. The summed E-state index contributed by atoms with van der Waals surface area (Å²) in [4.78, 5) is 92.7. The number of nitrogens with zero attached hydrogens (tertiary/aromatic N) is 15. The van der Waals surface area contributed by atoms with Crippen molar-refractivity contribution in [2.24, 2.45) is 0 Å². The largest absolute Gasteiger partial charge is 0.368 e. The number of imidazole rings is 5. The molecule has 0 spiro atoms. The van der Waals surface area contributed by atoms with Gasteiger partial charge in [0.1, 0.15) is 40.4 Å². The van der Waals surface area contributed by atoms with Gasteiger partial charge >= 0.3 is 11.8 Å². The summed E-state index contributed by atoms with van der Waals surface area (Å²) in [6.07, 6.45) is 14.1. The average Bonchev–Trinajstić information content (AvgIpc) is 4.28. The fourth-order valence-corrected chi connectivity index (χ4v) is 8.43. The summed E-state index contributed by atoms with van der Waals surface area (Å²) in [7, 11) is 0. The lowest BCUT2D eigenvalue weighted by Gasteiger charge is -2.18. The van der Waals surface area contributed by atoms with Crippen LogP contribution in [-0.2, 0) is 32.5 Å². The summed E-state index contributed by atoms with van der Waals surface area (Å²) in [5.41, 5.74) is 19.1. The summed E-state index contributed by atoms with van der Waals surface area (Å²) in [5, 5.41) is 1.12. The molecule has 426 valence electrons. The number of aromatic amines is 7. The highest BCUT2D eigenvalue weighted by molar-refractivity contribution is 5.79. The highest BCUT2D eigenvalue weighted by Gasteiger charge is 2.25. The van der Waals surface area contributed by atoms with E-state index in [9.17, 15) is 9.18 Å². The van der Waals surface area contributed by atoms with E-state index < -0.39 is 6.08 Å². The Balaban J connectivity index is 0.000000140. The van der Waals surface area contributed by atoms with Crippen molar-refractivity contribution in [1.29, 1.82) is 0 Å². The molecule has 12 rings (SSSR count). The second-order valence-corrected chi connectivity index (χ2v) is 25.2. The summed E-state index contributed by atoms with van der Waals surface area (Å²) in [6, 6.07) is 4.07. The maximum Gasteiger partial charge on any atom is 0.347 e. The molecule has 0 aliphatic carbocycles. The number of nitrogens with two attached hydrogens (primary N) is 1. The minimum Gasteiger partial charge on any atom is -0.368 e. The summed E-state index contributed by atoms with van der Waals surface area (Å²) in [5.74, 6) is 0.273. The number of fused-ring (bicyclic) bond motifs is 6. The third-order valence-electron chi connectivity index (χ3n) is 12.2. The van der Waals surface area contributed by atoms with Crippen molar-refractivity contribution >= 4 is 72.8 Å². The number of halogens is 1. The van der Waals surface area contributed by atoms with E-state index in [1.54, 1.807) is 38.0 Å². The van der Waals surface area contributed by atoms with Crippen LogP contribution in [0.1, 0.15) is 159 Å². The first kappa shape index (κ1) is 59.6. The zero-order valence-corrected chi connectivity index (χ0v) is 49.4. The van der Waals surface area contributed by atoms with Gasteiger partial charge in [0.05, 0.1) is 65.6 Å². The molecule has 12 heterocycles. The minimum atomic E-state index is -0.727. The Kier molecular flexibility index (Phi) is 16.9. The maximum atomic E-state index is 13.0.